The molecule has 0 spiro atoms. The van der Waals surface area contributed by atoms with Crippen molar-refractivity contribution < 1.29 is 9.90 Å². The molecule has 1 aliphatic rings. The van der Waals surface area contributed by atoms with Crippen molar-refractivity contribution in [3.05, 3.63) is 0 Å². The second-order valence-corrected chi connectivity index (χ2v) is 4.92. The lowest BCUT2D eigenvalue weighted by Gasteiger charge is -2.29. The van der Waals surface area contributed by atoms with E-state index in [2.05, 4.69) is 0 Å². The Balaban J connectivity index is 2.56. The zero-order chi connectivity index (χ0) is 11.4. The highest BCUT2D eigenvalue weighted by atomic mass is 16.3. The molecule has 0 aromatic rings. The van der Waals surface area contributed by atoms with Crippen molar-refractivity contribution in [1.82, 2.24) is 4.90 Å². The van der Waals surface area contributed by atoms with Crippen molar-refractivity contribution >= 4 is 5.91 Å². The van der Waals surface area contributed by atoms with Crippen molar-refractivity contribution in [3.63, 3.8) is 0 Å². The number of nitrogens with zero attached hydrogens (tertiary/aromatic N) is 1. The van der Waals surface area contributed by atoms with Gasteiger partial charge in [0.25, 0.3) is 0 Å². The molecule has 15 heavy (non-hydrogen) atoms. The highest BCUT2D eigenvalue weighted by Crippen LogP contribution is 2.24. The van der Waals surface area contributed by atoms with E-state index in [1.165, 1.54) is 12.8 Å². The van der Waals surface area contributed by atoms with Crippen LogP contribution >= 0.6 is 0 Å². The smallest absolute Gasteiger partial charge is 0.228 e. The number of aliphatic hydroxyl groups excluding tert-OH is 1. The Kier molecular flexibility index (Phi) is 4.58. The summed E-state index contributed by atoms with van der Waals surface area (Å²) in [7, 11) is 1.88. The molecule has 1 fully saturated rings. The lowest BCUT2D eigenvalue weighted by molar-refractivity contribution is -0.139. The van der Waals surface area contributed by atoms with Crippen molar-refractivity contribution in [1.29, 1.82) is 0 Å². The zero-order valence-electron chi connectivity index (χ0n) is 10.1. The fraction of sp³-hybridized carbons (Fsp3) is 0.917. The number of carbonyl (C=O) groups excluding carboxylic acids is 1. The van der Waals surface area contributed by atoms with Crippen LogP contribution in [0.3, 0.4) is 0 Å². The van der Waals surface area contributed by atoms with Gasteiger partial charge in [0.1, 0.15) is 0 Å². The first-order chi connectivity index (χ1) is 7.07. The van der Waals surface area contributed by atoms with E-state index in [-0.39, 0.29) is 24.3 Å². The van der Waals surface area contributed by atoms with Crippen LogP contribution in [0.4, 0.5) is 0 Å². The van der Waals surface area contributed by atoms with E-state index in [0.717, 1.165) is 12.8 Å². The second-order valence-electron chi connectivity index (χ2n) is 4.92. The van der Waals surface area contributed by atoms with Crippen molar-refractivity contribution in [3.8, 4) is 0 Å². The fourth-order valence-electron chi connectivity index (χ4n) is 2.31. The van der Waals surface area contributed by atoms with Gasteiger partial charge in [0.05, 0.1) is 12.5 Å². The van der Waals surface area contributed by atoms with Gasteiger partial charge in [-0.25, -0.2) is 0 Å². The van der Waals surface area contributed by atoms with Crippen LogP contribution < -0.4 is 0 Å². The molecule has 1 aliphatic carbocycles. The van der Waals surface area contributed by atoms with Gasteiger partial charge in [-0.1, -0.05) is 26.7 Å². The molecule has 1 atom stereocenters. The van der Waals surface area contributed by atoms with E-state index in [1.54, 1.807) is 0 Å². The van der Waals surface area contributed by atoms with Gasteiger partial charge in [-0.05, 0) is 18.8 Å². The minimum Gasteiger partial charge on any atom is -0.396 e. The van der Waals surface area contributed by atoms with Crippen LogP contribution in [0.2, 0.25) is 0 Å². The average Bonchev–Trinajstić information content (AvgIpc) is 2.69. The topological polar surface area (TPSA) is 40.5 Å². The summed E-state index contributed by atoms with van der Waals surface area (Å²) in [6.45, 7) is 3.94. The Hall–Kier alpha value is -0.570. The Morgan fingerprint density at radius 3 is 2.33 bits per heavy atom. The predicted molar refractivity (Wildman–Crippen MR) is 60.4 cm³/mol. The van der Waals surface area contributed by atoms with Crippen LogP contribution in [0.5, 0.6) is 0 Å². The molecule has 0 aromatic carbocycles. The number of rotatable bonds is 4. The molecule has 0 aromatic heterocycles. The molecule has 88 valence electrons. The maximum absolute atomic E-state index is 12.1. The second kappa shape index (κ2) is 5.50. The van der Waals surface area contributed by atoms with Gasteiger partial charge in [0.15, 0.2) is 0 Å². The molecule has 3 nitrogen and oxygen atoms in total. The summed E-state index contributed by atoms with van der Waals surface area (Å²) in [4.78, 5) is 13.9. The van der Waals surface area contributed by atoms with Gasteiger partial charge in [0.2, 0.25) is 5.91 Å². The minimum atomic E-state index is -0.226. The van der Waals surface area contributed by atoms with Crippen molar-refractivity contribution in [2.75, 3.05) is 13.7 Å². The summed E-state index contributed by atoms with van der Waals surface area (Å²) in [6, 6.07) is 0.408. The number of amides is 1. The van der Waals surface area contributed by atoms with Crippen LogP contribution in [0, 0.1) is 11.8 Å². The molecule has 1 unspecified atom stereocenters. The number of hydrogen-bond donors (Lipinski definition) is 1. The predicted octanol–water partition coefficient (Wildman–Crippen LogP) is 1.65. The molecule has 1 N–H and O–H groups in total. The summed E-state index contributed by atoms with van der Waals surface area (Å²) >= 11 is 0. The first-order valence-corrected chi connectivity index (χ1v) is 5.95. The van der Waals surface area contributed by atoms with Gasteiger partial charge in [-0.3, -0.25) is 4.79 Å². The first-order valence-electron chi connectivity index (χ1n) is 5.95. The molecule has 0 aliphatic heterocycles. The SMILES string of the molecule is CC(C)C(CO)C(=O)N(C)C1CCCC1. The van der Waals surface area contributed by atoms with Crippen molar-refractivity contribution in [2.24, 2.45) is 11.8 Å². The zero-order valence-corrected chi connectivity index (χ0v) is 10.1. The summed E-state index contributed by atoms with van der Waals surface area (Å²) in [6.07, 6.45) is 4.71. The highest BCUT2D eigenvalue weighted by molar-refractivity contribution is 5.79. The number of hydrogen-bond acceptors (Lipinski definition) is 2. The Morgan fingerprint density at radius 2 is 1.93 bits per heavy atom. The molecule has 1 amide bonds. The quantitative estimate of drug-likeness (QED) is 0.771. The minimum absolute atomic E-state index is 0.0342. The average molecular weight is 213 g/mol. The third-order valence-electron chi connectivity index (χ3n) is 3.54. The van der Waals surface area contributed by atoms with Gasteiger partial charge >= 0.3 is 0 Å². The Morgan fingerprint density at radius 1 is 1.40 bits per heavy atom. The normalized spacial score (nSPS) is 19.5. The summed E-state index contributed by atoms with van der Waals surface area (Å²) < 4.78 is 0. The van der Waals surface area contributed by atoms with Crippen molar-refractivity contribution in [2.45, 2.75) is 45.6 Å². The molecule has 0 bridgehead atoms. The molecule has 0 radical (unpaired) electrons. The van der Waals surface area contributed by atoms with E-state index in [0.29, 0.717) is 6.04 Å². The third kappa shape index (κ3) is 2.94. The number of aliphatic hydroxyl groups is 1. The molecule has 0 heterocycles. The van der Waals surface area contributed by atoms with Gasteiger partial charge in [-0.2, -0.15) is 0 Å². The van der Waals surface area contributed by atoms with Gasteiger partial charge < -0.3 is 10.0 Å². The Bertz CT molecular complexity index is 210. The maximum Gasteiger partial charge on any atom is 0.228 e. The van der Waals surface area contributed by atoms with Gasteiger partial charge in [0, 0.05) is 13.1 Å². The molecule has 0 saturated heterocycles. The van der Waals surface area contributed by atoms with Crippen LogP contribution in [0.15, 0.2) is 0 Å². The number of carbonyl (C=O) groups is 1. The first kappa shape index (κ1) is 12.5. The lowest BCUT2D eigenvalue weighted by Crippen LogP contribution is -2.42. The standard InChI is InChI=1S/C12H23NO2/c1-9(2)11(8-14)12(15)13(3)10-6-4-5-7-10/h9-11,14H,4-8H2,1-3H3. The Labute approximate surface area is 92.5 Å². The fourth-order valence-corrected chi connectivity index (χ4v) is 2.31. The van der Waals surface area contributed by atoms with E-state index in [9.17, 15) is 9.90 Å². The highest BCUT2D eigenvalue weighted by Gasteiger charge is 2.29. The largest absolute Gasteiger partial charge is 0.396 e. The van der Waals surface area contributed by atoms with Crippen LogP contribution in [0.25, 0.3) is 0 Å². The molecular weight excluding hydrogens is 190 g/mol. The van der Waals surface area contributed by atoms with Crippen LogP contribution in [0.1, 0.15) is 39.5 Å². The van der Waals surface area contributed by atoms with Crippen LogP contribution in [-0.4, -0.2) is 35.6 Å². The molecule has 1 saturated carbocycles. The van der Waals surface area contributed by atoms with Crippen LogP contribution in [-0.2, 0) is 4.79 Å². The van der Waals surface area contributed by atoms with E-state index in [1.807, 2.05) is 25.8 Å². The van der Waals surface area contributed by atoms with E-state index >= 15 is 0 Å². The molecule has 1 rings (SSSR count). The van der Waals surface area contributed by atoms with E-state index < -0.39 is 0 Å². The molecule has 3 heteroatoms. The summed E-state index contributed by atoms with van der Waals surface area (Å²) in [5, 5.41) is 9.21. The monoisotopic (exact) mass is 213 g/mol. The summed E-state index contributed by atoms with van der Waals surface area (Å²) in [5.41, 5.74) is 0. The van der Waals surface area contributed by atoms with E-state index in [4.69, 9.17) is 0 Å². The lowest BCUT2D eigenvalue weighted by atomic mass is 9.95. The van der Waals surface area contributed by atoms with Gasteiger partial charge in [-0.15, -0.1) is 0 Å². The molecular formula is C12H23NO2. The maximum atomic E-state index is 12.1. The third-order valence-corrected chi connectivity index (χ3v) is 3.54. The summed E-state index contributed by atoms with van der Waals surface area (Å²) in [5.74, 6) is 0.0985.